The van der Waals surface area contributed by atoms with Gasteiger partial charge in [0.1, 0.15) is 11.5 Å². The summed E-state index contributed by atoms with van der Waals surface area (Å²) < 4.78 is 10.3. The summed E-state index contributed by atoms with van der Waals surface area (Å²) in [6, 6.07) is 12.7. The molecule has 0 radical (unpaired) electrons. The van der Waals surface area contributed by atoms with Gasteiger partial charge in [-0.05, 0) is 48.5 Å². The molecule has 0 saturated carbocycles. The molecular weight excluding hydrogens is 334 g/mol. The predicted octanol–water partition coefficient (Wildman–Crippen LogP) is 2.58. The fourth-order valence-corrected chi connectivity index (χ4v) is 1.80. The van der Waals surface area contributed by atoms with E-state index in [1.807, 2.05) is 0 Å². The molecule has 7 nitrogen and oxygen atoms in total. The number of carbonyl (C=O) groups excluding carboxylic acids is 2. The maximum Gasteiger partial charge on any atom is 0.337 e. The van der Waals surface area contributed by atoms with Gasteiger partial charge in [0.2, 0.25) is 0 Å². The second-order valence-electron chi connectivity index (χ2n) is 4.60. The van der Waals surface area contributed by atoms with Crippen molar-refractivity contribution in [3.8, 4) is 11.5 Å². The predicted molar refractivity (Wildman–Crippen MR) is 90.2 cm³/mol. The standard InChI is InChI=1S/C16H16ClN3O4/c1-23-13-8-4-12(5-9-13)18-16(22)20-19-15(21)10-24-14-6-2-11(17)3-7-14/h2-9H,10H2,1H3,(H,19,21)(H2,18,20,22). The number of amides is 3. The molecule has 0 bridgehead atoms. The molecular formula is C16H16ClN3O4. The van der Waals surface area contributed by atoms with Crippen LogP contribution in [-0.4, -0.2) is 25.7 Å². The van der Waals surface area contributed by atoms with E-state index >= 15 is 0 Å². The minimum absolute atomic E-state index is 0.246. The number of nitrogens with one attached hydrogen (secondary N) is 3. The first kappa shape index (κ1) is 17.4. The molecule has 0 atom stereocenters. The van der Waals surface area contributed by atoms with Crippen LogP contribution in [0.1, 0.15) is 0 Å². The highest BCUT2D eigenvalue weighted by molar-refractivity contribution is 6.30. The first-order valence-corrected chi connectivity index (χ1v) is 7.33. The van der Waals surface area contributed by atoms with E-state index in [4.69, 9.17) is 21.1 Å². The molecule has 0 fully saturated rings. The van der Waals surface area contributed by atoms with Crippen molar-refractivity contribution in [1.29, 1.82) is 0 Å². The van der Waals surface area contributed by atoms with Crippen LogP contribution in [0.3, 0.4) is 0 Å². The number of benzene rings is 2. The number of ether oxygens (including phenoxy) is 2. The molecule has 0 heterocycles. The summed E-state index contributed by atoms with van der Waals surface area (Å²) in [5.74, 6) is 0.667. The zero-order valence-electron chi connectivity index (χ0n) is 12.8. The van der Waals surface area contributed by atoms with Gasteiger partial charge in [-0.15, -0.1) is 0 Å². The zero-order chi connectivity index (χ0) is 17.4. The molecule has 0 aliphatic carbocycles. The highest BCUT2D eigenvalue weighted by Gasteiger charge is 2.06. The van der Waals surface area contributed by atoms with E-state index in [1.165, 1.54) is 0 Å². The fraction of sp³-hybridized carbons (Fsp3) is 0.125. The lowest BCUT2D eigenvalue weighted by atomic mass is 10.3. The van der Waals surface area contributed by atoms with Crippen LogP contribution in [-0.2, 0) is 4.79 Å². The molecule has 3 N–H and O–H groups in total. The van der Waals surface area contributed by atoms with E-state index in [0.717, 1.165) is 0 Å². The summed E-state index contributed by atoms with van der Waals surface area (Å²) in [6.45, 7) is -0.246. The van der Waals surface area contributed by atoms with Crippen LogP contribution < -0.4 is 25.6 Å². The van der Waals surface area contributed by atoms with Gasteiger partial charge >= 0.3 is 6.03 Å². The van der Waals surface area contributed by atoms with Crippen LogP contribution in [0.15, 0.2) is 48.5 Å². The molecule has 0 aliphatic rings. The molecule has 2 aromatic carbocycles. The molecule has 8 heteroatoms. The number of hydrazine groups is 1. The van der Waals surface area contributed by atoms with Crippen molar-refractivity contribution in [3.05, 3.63) is 53.6 Å². The van der Waals surface area contributed by atoms with E-state index in [0.29, 0.717) is 22.2 Å². The van der Waals surface area contributed by atoms with Crippen LogP contribution in [0.2, 0.25) is 5.02 Å². The Morgan fingerprint density at radius 3 is 2.21 bits per heavy atom. The lowest BCUT2D eigenvalue weighted by molar-refractivity contribution is -0.123. The average molecular weight is 350 g/mol. The monoisotopic (exact) mass is 349 g/mol. The van der Waals surface area contributed by atoms with Gasteiger partial charge in [-0.1, -0.05) is 11.6 Å². The van der Waals surface area contributed by atoms with Crippen molar-refractivity contribution in [2.45, 2.75) is 0 Å². The molecule has 126 valence electrons. The van der Waals surface area contributed by atoms with Gasteiger partial charge in [-0.2, -0.15) is 0 Å². The number of anilines is 1. The second kappa shape index (κ2) is 8.64. The Bertz CT molecular complexity index is 689. The van der Waals surface area contributed by atoms with E-state index in [1.54, 1.807) is 55.6 Å². The Balaban J connectivity index is 1.70. The topological polar surface area (TPSA) is 88.7 Å². The van der Waals surface area contributed by atoms with Gasteiger partial charge in [0.05, 0.1) is 7.11 Å². The van der Waals surface area contributed by atoms with Crippen molar-refractivity contribution in [1.82, 2.24) is 10.9 Å². The molecule has 0 spiro atoms. The number of carbonyl (C=O) groups is 2. The van der Waals surface area contributed by atoms with E-state index < -0.39 is 11.9 Å². The lowest BCUT2D eigenvalue weighted by Crippen LogP contribution is -2.45. The van der Waals surface area contributed by atoms with Gasteiger partial charge in [-0.25, -0.2) is 10.2 Å². The third-order valence-electron chi connectivity index (χ3n) is 2.85. The smallest absolute Gasteiger partial charge is 0.337 e. The molecule has 0 unspecified atom stereocenters. The summed E-state index contributed by atoms with van der Waals surface area (Å²) in [5, 5.41) is 3.13. The highest BCUT2D eigenvalue weighted by atomic mass is 35.5. The molecule has 2 aromatic rings. The molecule has 3 amide bonds. The quantitative estimate of drug-likeness (QED) is 0.724. The second-order valence-corrected chi connectivity index (χ2v) is 5.03. The Labute approximate surface area is 143 Å². The van der Waals surface area contributed by atoms with Crippen LogP contribution in [0, 0.1) is 0 Å². The Morgan fingerprint density at radius 1 is 0.958 bits per heavy atom. The first-order valence-electron chi connectivity index (χ1n) is 6.95. The van der Waals surface area contributed by atoms with Crippen molar-refractivity contribution < 1.29 is 19.1 Å². The Hall–Kier alpha value is -2.93. The molecule has 0 aromatic heterocycles. The summed E-state index contributed by atoms with van der Waals surface area (Å²) >= 11 is 5.75. The summed E-state index contributed by atoms with van der Waals surface area (Å²) in [5.41, 5.74) is 5.01. The maximum absolute atomic E-state index is 11.7. The van der Waals surface area contributed by atoms with E-state index in [9.17, 15) is 9.59 Å². The number of hydrogen-bond donors (Lipinski definition) is 3. The van der Waals surface area contributed by atoms with Crippen LogP contribution in [0.25, 0.3) is 0 Å². The maximum atomic E-state index is 11.7. The number of hydrogen-bond acceptors (Lipinski definition) is 4. The number of methoxy groups -OCH3 is 1. The molecule has 0 saturated heterocycles. The summed E-state index contributed by atoms with van der Waals surface area (Å²) in [4.78, 5) is 23.3. The molecule has 2 rings (SSSR count). The molecule has 24 heavy (non-hydrogen) atoms. The minimum Gasteiger partial charge on any atom is -0.497 e. The van der Waals surface area contributed by atoms with Crippen molar-refractivity contribution in [2.24, 2.45) is 0 Å². The van der Waals surface area contributed by atoms with E-state index in [-0.39, 0.29) is 6.61 Å². The Morgan fingerprint density at radius 2 is 1.58 bits per heavy atom. The molecule has 0 aliphatic heterocycles. The van der Waals surface area contributed by atoms with Crippen LogP contribution in [0.5, 0.6) is 11.5 Å². The number of urea groups is 1. The van der Waals surface area contributed by atoms with Crippen LogP contribution in [0.4, 0.5) is 10.5 Å². The van der Waals surface area contributed by atoms with Gasteiger partial charge in [0, 0.05) is 10.7 Å². The Kier molecular flexibility index (Phi) is 6.27. The lowest BCUT2D eigenvalue weighted by Gasteiger charge is -2.10. The number of halogens is 1. The minimum atomic E-state index is -0.583. The van der Waals surface area contributed by atoms with Gasteiger partial charge in [-0.3, -0.25) is 10.2 Å². The van der Waals surface area contributed by atoms with Crippen molar-refractivity contribution >= 4 is 29.2 Å². The SMILES string of the molecule is COc1ccc(NC(=O)NNC(=O)COc2ccc(Cl)cc2)cc1. The van der Waals surface area contributed by atoms with Crippen LogP contribution >= 0.6 is 11.6 Å². The van der Waals surface area contributed by atoms with Crippen molar-refractivity contribution in [3.63, 3.8) is 0 Å². The van der Waals surface area contributed by atoms with Crippen molar-refractivity contribution in [2.75, 3.05) is 19.0 Å². The summed E-state index contributed by atoms with van der Waals surface area (Å²) in [7, 11) is 1.55. The van der Waals surface area contributed by atoms with Gasteiger partial charge < -0.3 is 14.8 Å². The summed E-state index contributed by atoms with van der Waals surface area (Å²) in [6.07, 6.45) is 0. The fourth-order valence-electron chi connectivity index (χ4n) is 1.68. The number of rotatable bonds is 5. The zero-order valence-corrected chi connectivity index (χ0v) is 13.6. The normalized spacial score (nSPS) is 9.75. The largest absolute Gasteiger partial charge is 0.497 e. The average Bonchev–Trinajstić information content (AvgIpc) is 2.60. The third kappa shape index (κ3) is 5.69. The highest BCUT2D eigenvalue weighted by Crippen LogP contribution is 2.15. The van der Waals surface area contributed by atoms with Gasteiger partial charge in [0.15, 0.2) is 6.61 Å². The van der Waals surface area contributed by atoms with E-state index in [2.05, 4.69) is 16.2 Å². The third-order valence-corrected chi connectivity index (χ3v) is 3.10. The van der Waals surface area contributed by atoms with Gasteiger partial charge in [0.25, 0.3) is 5.91 Å². The first-order chi connectivity index (χ1) is 11.6.